The van der Waals surface area contributed by atoms with Gasteiger partial charge >= 0.3 is 0 Å². The normalized spacial score (nSPS) is 16.1. The van der Waals surface area contributed by atoms with Crippen LogP contribution in [-0.4, -0.2) is 84.4 Å². The molecule has 1 saturated heterocycles. The second-order valence-corrected chi connectivity index (χ2v) is 8.76. The average Bonchev–Trinajstić information content (AvgIpc) is 3.11. The van der Waals surface area contributed by atoms with Crippen LogP contribution < -0.4 is 5.32 Å². The fourth-order valence-electron chi connectivity index (χ4n) is 3.68. The first-order chi connectivity index (χ1) is 14.0. The van der Waals surface area contributed by atoms with Crippen molar-refractivity contribution < 1.29 is 4.79 Å². The number of hydrogen-bond acceptors (Lipinski definition) is 5. The summed E-state index contributed by atoms with van der Waals surface area (Å²) in [7, 11) is 1.95. The molecule has 164 valence electrons. The van der Waals surface area contributed by atoms with Crippen LogP contribution in [0.25, 0.3) is 0 Å². The van der Waals surface area contributed by atoms with E-state index >= 15 is 0 Å². The lowest BCUT2D eigenvalue weighted by Gasteiger charge is -2.31. The molecule has 1 N–H and O–H groups in total. The number of aromatic nitrogens is 1. The fourth-order valence-corrected chi connectivity index (χ4v) is 4.28. The number of guanidine groups is 1. The molecule has 0 spiro atoms. The highest BCUT2D eigenvalue weighted by molar-refractivity contribution is 7.09. The number of thiazole rings is 1. The maximum absolute atomic E-state index is 12.4. The topological polar surface area (TPSA) is 64.1 Å². The Morgan fingerprint density at radius 1 is 1.31 bits per heavy atom. The summed E-state index contributed by atoms with van der Waals surface area (Å²) < 4.78 is 0. The average molecular weight is 423 g/mol. The molecule has 2 rings (SSSR count). The summed E-state index contributed by atoms with van der Waals surface area (Å²) in [6, 6.07) is 0. The lowest BCUT2D eigenvalue weighted by Crippen LogP contribution is -2.46. The van der Waals surface area contributed by atoms with Gasteiger partial charge in [0.25, 0.3) is 0 Å². The third-order valence-electron chi connectivity index (χ3n) is 5.44. The molecule has 7 nitrogen and oxygen atoms in total. The van der Waals surface area contributed by atoms with Gasteiger partial charge in [-0.15, -0.1) is 11.3 Å². The molecule has 1 aromatic heterocycles. The van der Waals surface area contributed by atoms with E-state index in [-0.39, 0.29) is 5.91 Å². The number of carbonyl (C=O) groups is 1. The molecule has 0 saturated carbocycles. The zero-order valence-corrected chi connectivity index (χ0v) is 19.6. The van der Waals surface area contributed by atoms with E-state index in [1.165, 1.54) is 5.69 Å². The van der Waals surface area contributed by atoms with E-state index < -0.39 is 0 Å². The van der Waals surface area contributed by atoms with Crippen LogP contribution in [0, 0.1) is 12.8 Å². The molecule has 1 aliphatic rings. The Bertz CT molecular complexity index is 649. The van der Waals surface area contributed by atoms with Gasteiger partial charge < -0.3 is 15.1 Å². The zero-order valence-electron chi connectivity index (χ0n) is 18.8. The molecule has 1 aliphatic heterocycles. The second kappa shape index (κ2) is 12.1. The van der Waals surface area contributed by atoms with Gasteiger partial charge in [-0.1, -0.05) is 0 Å². The molecule has 29 heavy (non-hydrogen) atoms. The highest BCUT2D eigenvalue weighted by Crippen LogP contribution is 2.20. The standard InChI is InChI=1S/C21H38N6OS/c1-6-22-21(25(5)15-20(28)27(7-2)8-3)23-13-18-9-11-26(12-10-18)14-19-16-29-17(4)24-19/h16,18H,6-15H2,1-5H3,(H,22,23). The van der Waals surface area contributed by atoms with Crippen LogP contribution in [-0.2, 0) is 11.3 Å². The van der Waals surface area contributed by atoms with Crippen molar-refractivity contribution in [2.45, 2.75) is 47.1 Å². The van der Waals surface area contributed by atoms with Crippen molar-refractivity contribution in [3.05, 3.63) is 16.1 Å². The van der Waals surface area contributed by atoms with Gasteiger partial charge in [-0.25, -0.2) is 4.98 Å². The molecule has 0 aliphatic carbocycles. The van der Waals surface area contributed by atoms with E-state index in [0.717, 1.165) is 69.6 Å². The molecule has 0 bridgehead atoms. The van der Waals surface area contributed by atoms with Crippen molar-refractivity contribution in [2.75, 3.05) is 52.9 Å². The second-order valence-electron chi connectivity index (χ2n) is 7.69. The van der Waals surface area contributed by atoms with Gasteiger partial charge in [-0.2, -0.15) is 0 Å². The van der Waals surface area contributed by atoms with E-state index in [2.05, 4.69) is 34.4 Å². The minimum Gasteiger partial charge on any atom is -0.357 e. The Labute approximate surface area is 180 Å². The quantitative estimate of drug-likeness (QED) is 0.489. The first-order valence-corrected chi connectivity index (χ1v) is 11.7. The van der Waals surface area contributed by atoms with Gasteiger partial charge in [0, 0.05) is 45.2 Å². The molecular formula is C21H38N6OS. The number of likely N-dealkylation sites (N-methyl/N-ethyl adjacent to an activating group) is 2. The molecule has 0 atom stereocenters. The number of rotatable bonds is 9. The number of nitrogens with one attached hydrogen (secondary N) is 1. The SMILES string of the molecule is CCNC(=NCC1CCN(Cc2csc(C)n2)CC1)N(C)CC(=O)N(CC)CC. The van der Waals surface area contributed by atoms with Crippen LogP contribution in [0.1, 0.15) is 44.3 Å². The Hall–Kier alpha value is -1.67. The fraction of sp³-hybridized carbons (Fsp3) is 0.762. The van der Waals surface area contributed by atoms with Gasteiger partial charge in [0.05, 0.1) is 17.2 Å². The summed E-state index contributed by atoms with van der Waals surface area (Å²) in [5.41, 5.74) is 1.19. The Morgan fingerprint density at radius 3 is 2.55 bits per heavy atom. The van der Waals surface area contributed by atoms with E-state index in [1.54, 1.807) is 11.3 Å². The first-order valence-electron chi connectivity index (χ1n) is 10.9. The van der Waals surface area contributed by atoms with E-state index in [0.29, 0.717) is 12.5 Å². The minimum absolute atomic E-state index is 0.147. The van der Waals surface area contributed by atoms with Crippen LogP contribution in [0.2, 0.25) is 0 Å². The number of nitrogens with zero attached hydrogens (tertiary/aromatic N) is 5. The van der Waals surface area contributed by atoms with E-state index in [1.807, 2.05) is 30.7 Å². The molecule has 1 amide bonds. The summed E-state index contributed by atoms with van der Waals surface area (Å²) in [6.45, 7) is 14.8. The van der Waals surface area contributed by atoms with Crippen LogP contribution in [0.5, 0.6) is 0 Å². The number of hydrogen-bond donors (Lipinski definition) is 1. The zero-order chi connectivity index (χ0) is 21.2. The number of piperidine rings is 1. The monoisotopic (exact) mass is 422 g/mol. The highest BCUT2D eigenvalue weighted by atomic mass is 32.1. The van der Waals surface area contributed by atoms with Gasteiger partial charge in [0.1, 0.15) is 0 Å². The Morgan fingerprint density at radius 2 is 2.00 bits per heavy atom. The molecule has 1 aromatic rings. The van der Waals surface area contributed by atoms with Crippen molar-refractivity contribution in [3.63, 3.8) is 0 Å². The van der Waals surface area contributed by atoms with Crippen LogP contribution in [0.3, 0.4) is 0 Å². The van der Waals surface area contributed by atoms with Crippen LogP contribution >= 0.6 is 11.3 Å². The van der Waals surface area contributed by atoms with Crippen molar-refractivity contribution in [3.8, 4) is 0 Å². The predicted molar refractivity (Wildman–Crippen MR) is 121 cm³/mol. The number of amides is 1. The molecule has 1 fully saturated rings. The smallest absolute Gasteiger partial charge is 0.242 e. The van der Waals surface area contributed by atoms with Gasteiger partial charge in [0.2, 0.25) is 5.91 Å². The number of likely N-dealkylation sites (tertiary alicyclic amines) is 1. The Balaban J connectivity index is 1.82. The molecule has 0 unspecified atom stereocenters. The third kappa shape index (κ3) is 7.59. The molecule has 0 aromatic carbocycles. The lowest BCUT2D eigenvalue weighted by molar-refractivity contribution is -0.131. The summed E-state index contributed by atoms with van der Waals surface area (Å²) in [5.74, 6) is 1.58. The molecular weight excluding hydrogens is 384 g/mol. The summed E-state index contributed by atoms with van der Waals surface area (Å²) >= 11 is 1.73. The van der Waals surface area contributed by atoms with Gasteiger partial charge in [-0.3, -0.25) is 14.7 Å². The van der Waals surface area contributed by atoms with Crippen molar-refractivity contribution in [1.82, 2.24) is 25.0 Å². The molecule has 0 radical (unpaired) electrons. The van der Waals surface area contributed by atoms with Crippen molar-refractivity contribution in [2.24, 2.45) is 10.9 Å². The van der Waals surface area contributed by atoms with Gasteiger partial charge in [0.15, 0.2) is 5.96 Å². The number of aryl methyl sites for hydroxylation is 1. The molecule has 8 heteroatoms. The lowest BCUT2D eigenvalue weighted by atomic mass is 9.97. The number of carbonyl (C=O) groups excluding carboxylic acids is 1. The highest BCUT2D eigenvalue weighted by Gasteiger charge is 2.21. The third-order valence-corrected chi connectivity index (χ3v) is 6.27. The largest absolute Gasteiger partial charge is 0.357 e. The first kappa shape index (κ1) is 23.6. The van der Waals surface area contributed by atoms with Crippen LogP contribution in [0.15, 0.2) is 10.4 Å². The van der Waals surface area contributed by atoms with Gasteiger partial charge in [-0.05, 0) is 59.5 Å². The van der Waals surface area contributed by atoms with E-state index in [4.69, 9.17) is 4.99 Å². The predicted octanol–water partition coefficient (Wildman–Crippen LogP) is 2.43. The summed E-state index contributed by atoms with van der Waals surface area (Å²) in [6.07, 6.45) is 2.32. The maximum Gasteiger partial charge on any atom is 0.242 e. The van der Waals surface area contributed by atoms with Crippen LogP contribution in [0.4, 0.5) is 0 Å². The Kier molecular flexibility index (Phi) is 9.87. The summed E-state index contributed by atoms with van der Waals surface area (Å²) in [4.78, 5) is 28.1. The summed E-state index contributed by atoms with van der Waals surface area (Å²) in [5, 5.41) is 6.65. The molecule has 2 heterocycles. The van der Waals surface area contributed by atoms with Crippen molar-refractivity contribution >= 4 is 23.2 Å². The van der Waals surface area contributed by atoms with Crippen molar-refractivity contribution in [1.29, 1.82) is 0 Å². The minimum atomic E-state index is 0.147. The maximum atomic E-state index is 12.4. The number of aliphatic imine (C=N–C) groups is 1. The van der Waals surface area contributed by atoms with E-state index in [9.17, 15) is 4.79 Å².